The van der Waals surface area contributed by atoms with Crippen LogP contribution in [0.5, 0.6) is 0 Å². The Labute approximate surface area is 191 Å². The minimum atomic E-state index is -3.90. The average molecular weight is 451 g/mol. The summed E-state index contributed by atoms with van der Waals surface area (Å²) in [6.07, 6.45) is 0. The smallest absolute Gasteiger partial charge is 0.264 e. The molecule has 0 saturated carbocycles. The number of nitrogens with zero attached hydrogens (tertiary/aromatic N) is 1. The molecule has 3 aromatic rings. The molecular weight excluding hydrogens is 420 g/mol. The van der Waals surface area contributed by atoms with E-state index in [9.17, 15) is 13.2 Å². The standard InChI is InChI=1S/C26H30N2O3S/c1-20(2)22-14-16-24(17-15-22)28(32(30,31)25-12-8-5-9-13-25)19-26(29)27-18-21(3)23-10-6-4-7-11-23/h4-17,20-21H,18-19H2,1-3H3,(H,27,29). The Balaban J connectivity index is 1.81. The van der Waals surface area contributed by atoms with E-state index in [0.29, 0.717) is 18.2 Å². The summed E-state index contributed by atoms with van der Waals surface area (Å²) in [7, 11) is -3.90. The van der Waals surface area contributed by atoms with E-state index < -0.39 is 10.0 Å². The van der Waals surface area contributed by atoms with Crippen LogP contribution in [-0.2, 0) is 14.8 Å². The van der Waals surface area contributed by atoms with Crippen molar-refractivity contribution in [1.82, 2.24) is 5.32 Å². The van der Waals surface area contributed by atoms with Gasteiger partial charge in [0.1, 0.15) is 6.54 Å². The molecule has 0 bridgehead atoms. The molecule has 0 spiro atoms. The van der Waals surface area contributed by atoms with Gasteiger partial charge in [-0.3, -0.25) is 9.10 Å². The Bertz CT molecular complexity index is 1110. The van der Waals surface area contributed by atoms with Crippen molar-refractivity contribution in [2.24, 2.45) is 0 Å². The Morgan fingerprint density at radius 1 is 0.812 bits per heavy atom. The van der Waals surface area contributed by atoms with Crippen LogP contribution in [0.1, 0.15) is 43.7 Å². The van der Waals surface area contributed by atoms with Crippen molar-refractivity contribution in [3.05, 3.63) is 96.1 Å². The molecule has 1 amide bonds. The molecule has 5 nitrogen and oxygen atoms in total. The number of hydrogen-bond acceptors (Lipinski definition) is 3. The highest BCUT2D eigenvalue weighted by molar-refractivity contribution is 7.92. The molecule has 1 unspecified atom stereocenters. The van der Waals surface area contributed by atoms with Gasteiger partial charge in [0.25, 0.3) is 10.0 Å². The molecule has 3 aromatic carbocycles. The molecule has 0 heterocycles. The molecule has 0 aliphatic rings. The van der Waals surface area contributed by atoms with Crippen molar-refractivity contribution < 1.29 is 13.2 Å². The van der Waals surface area contributed by atoms with Crippen LogP contribution < -0.4 is 9.62 Å². The maximum atomic E-state index is 13.4. The van der Waals surface area contributed by atoms with Crippen LogP contribution in [0.2, 0.25) is 0 Å². The minimum absolute atomic E-state index is 0.115. The highest BCUT2D eigenvalue weighted by atomic mass is 32.2. The predicted molar refractivity (Wildman–Crippen MR) is 129 cm³/mol. The molecule has 0 saturated heterocycles. The summed E-state index contributed by atoms with van der Waals surface area (Å²) < 4.78 is 28.0. The first kappa shape index (κ1) is 23.5. The first-order valence-electron chi connectivity index (χ1n) is 10.8. The normalized spacial score (nSPS) is 12.4. The van der Waals surface area contributed by atoms with E-state index in [0.717, 1.165) is 11.1 Å². The summed E-state index contributed by atoms with van der Waals surface area (Å²) in [5.74, 6) is 0.0934. The lowest BCUT2D eigenvalue weighted by atomic mass is 10.0. The summed E-state index contributed by atoms with van der Waals surface area (Å²) in [6.45, 7) is 6.32. The van der Waals surface area contributed by atoms with Crippen LogP contribution in [0.4, 0.5) is 5.69 Å². The summed E-state index contributed by atoms with van der Waals surface area (Å²) in [6, 6.07) is 25.4. The first-order valence-corrected chi connectivity index (χ1v) is 12.2. The summed E-state index contributed by atoms with van der Waals surface area (Å²) in [5, 5.41) is 2.89. The van der Waals surface area contributed by atoms with Crippen LogP contribution in [0.25, 0.3) is 0 Å². The molecule has 6 heteroatoms. The molecule has 0 fully saturated rings. The second-order valence-electron chi connectivity index (χ2n) is 8.19. The molecule has 3 rings (SSSR count). The van der Waals surface area contributed by atoms with Crippen LogP contribution in [0, 0.1) is 0 Å². The molecule has 0 radical (unpaired) electrons. The minimum Gasteiger partial charge on any atom is -0.354 e. The van der Waals surface area contributed by atoms with Crippen LogP contribution in [0.3, 0.4) is 0 Å². The number of anilines is 1. The topological polar surface area (TPSA) is 66.5 Å². The van der Waals surface area contributed by atoms with E-state index in [1.165, 1.54) is 4.31 Å². The lowest BCUT2D eigenvalue weighted by molar-refractivity contribution is -0.119. The van der Waals surface area contributed by atoms with E-state index in [-0.39, 0.29) is 23.3 Å². The van der Waals surface area contributed by atoms with E-state index in [1.54, 1.807) is 42.5 Å². The zero-order chi connectivity index (χ0) is 23.1. The Morgan fingerprint density at radius 2 is 1.38 bits per heavy atom. The lowest BCUT2D eigenvalue weighted by Crippen LogP contribution is -2.41. The number of hydrogen-bond donors (Lipinski definition) is 1. The summed E-state index contributed by atoms with van der Waals surface area (Å²) in [5.41, 5.74) is 2.68. The molecule has 0 aliphatic carbocycles. The van der Waals surface area contributed by atoms with Crippen molar-refractivity contribution >= 4 is 21.6 Å². The number of carbonyl (C=O) groups excluding carboxylic acids is 1. The Hall–Kier alpha value is -3.12. The van der Waals surface area contributed by atoms with Gasteiger partial charge in [-0.2, -0.15) is 0 Å². The Kier molecular flexibility index (Phi) is 7.70. The van der Waals surface area contributed by atoms with Crippen molar-refractivity contribution in [3.8, 4) is 0 Å². The molecule has 0 aromatic heterocycles. The van der Waals surface area contributed by atoms with Gasteiger partial charge in [-0.05, 0) is 47.2 Å². The fourth-order valence-corrected chi connectivity index (χ4v) is 4.85. The van der Waals surface area contributed by atoms with Gasteiger partial charge in [-0.15, -0.1) is 0 Å². The highest BCUT2D eigenvalue weighted by Gasteiger charge is 2.27. The average Bonchev–Trinajstić information content (AvgIpc) is 2.82. The number of amides is 1. The third-order valence-corrected chi connectivity index (χ3v) is 7.23. The third kappa shape index (κ3) is 5.77. The molecule has 1 atom stereocenters. The van der Waals surface area contributed by atoms with Gasteiger partial charge >= 0.3 is 0 Å². The van der Waals surface area contributed by atoms with E-state index in [4.69, 9.17) is 0 Å². The number of benzene rings is 3. The van der Waals surface area contributed by atoms with E-state index in [1.807, 2.05) is 49.4 Å². The van der Waals surface area contributed by atoms with Crippen molar-refractivity contribution in [2.45, 2.75) is 37.5 Å². The number of sulfonamides is 1. The summed E-state index contributed by atoms with van der Waals surface area (Å²) in [4.78, 5) is 12.9. The van der Waals surface area contributed by atoms with Crippen LogP contribution >= 0.6 is 0 Å². The SMILES string of the molecule is CC(C)c1ccc(N(CC(=O)NCC(C)c2ccccc2)S(=O)(=O)c2ccccc2)cc1. The Morgan fingerprint density at radius 3 is 1.94 bits per heavy atom. The second kappa shape index (κ2) is 10.5. The molecular formula is C26H30N2O3S. The zero-order valence-electron chi connectivity index (χ0n) is 18.7. The fourth-order valence-electron chi connectivity index (χ4n) is 3.41. The monoisotopic (exact) mass is 450 g/mol. The van der Waals surface area contributed by atoms with Gasteiger partial charge in [0.2, 0.25) is 5.91 Å². The predicted octanol–water partition coefficient (Wildman–Crippen LogP) is 4.93. The largest absolute Gasteiger partial charge is 0.354 e. The number of nitrogens with one attached hydrogen (secondary N) is 1. The summed E-state index contributed by atoms with van der Waals surface area (Å²) >= 11 is 0. The quantitative estimate of drug-likeness (QED) is 0.503. The maximum Gasteiger partial charge on any atom is 0.264 e. The molecule has 1 N–H and O–H groups in total. The second-order valence-corrected chi connectivity index (χ2v) is 10.0. The van der Waals surface area contributed by atoms with Crippen LogP contribution in [0.15, 0.2) is 89.8 Å². The molecule has 168 valence electrons. The van der Waals surface area contributed by atoms with Gasteiger partial charge in [-0.25, -0.2) is 8.42 Å². The third-order valence-electron chi connectivity index (χ3n) is 5.44. The molecule has 0 aliphatic heterocycles. The lowest BCUT2D eigenvalue weighted by Gasteiger charge is -2.25. The van der Waals surface area contributed by atoms with Gasteiger partial charge in [0, 0.05) is 6.54 Å². The van der Waals surface area contributed by atoms with Gasteiger partial charge in [0.05, 0.1) is 10.6 Å². The first-order chi connectivity index (χ1) is 15.3. The van der Waals surface area contributed by atoms with Crippen LogP contribution in [-0.4, -0.2) is 27.4 Å². The number of carbonyl (C=O) groups is 1. The van der Waals surface area contributed by atoms with Crippen molar-refractivity contribution in [1.29, 1.82) is 0 Å². The van der Waals surface area contributed by atoms with Gasteiger partial charge in [0.15, 0.2) is 0 Å². The van der Waals surface area contributed by atoms with Gasteiger partial charge in [-0.1, -0.05) is 81.4 Å². The fraction of sp³-hybridized carbons (Fsp3) is 0.269. The zero-order valence-corrected chi connectivity index (χ0v) is 19.5. The van der Waals surface area contributed by atoms with Crippen molar-refractivity contribution in [3.63, 3.8) is 0 Å². The highest BCUT2D eigenvalue weighted by Crippen LogP contribution is 2.25. The molecule has 32 heavy (non-hydrogen) atoms. The maximum absolute atomic E-state index is 13.4. The van der Waals surface area contributed by atoms with Crippen molar-refractivity contribution in [2.75, 3.05) is 17.4 Å². The van der Waals surface area contributed by atoms with E-state index >= 15 is 0 Å². The van der Waals surface area contributed by atoms with Gasteiger partial charge < -0.3 is 5.32 Å². The van der Waals surface area contributed by atoms with E-state index in [2.05, 4.69) is 19.2 Å². The number of rotatable bonds is 9.